The van der Waals surface area contributed by atoms with Gasteiger partial charge in [0.1, 0.15) is 17.7 Å². The SMILES string of the molecule is Cc1ccc(-n2c([C@H](C)Nc3ncnc4nc[nH]c34)cc3cccc(F)c3c2=O)c(C)c1. The predicted molar refractivity (Wildman–Crippen MR) is 123 cm³/mol. The van der Waals surface area contributed by atoms with E-state index in [9.17, 15) is 9.18 Å². The van der Waals surface area contributed by atoms with Crippen LogP contribution in [-0.2, 0) is 0 Å². The zero-order valence-electron chi connectivity index (χ0n) is 17.8. The van der Waals surface area contributed by atoms with E-state index < -0.39 is 11.4 Å². The Balaban J connectivity index is 1.74. The highest BCUT2D eigenvalue weighted by Crippen LogP contribution is 2.27. The minimum atomic E-state index is -0.534. The van der Waals surface area contributed by atoms with Gasteiger partial charge in [0.05, 0.1) is 23.4 Å². The molecule has 3 aromatic heterocycles. The number of aromatic nitrogens is 5. The molecule has 2 aromatic carbocycles. The Morgan fingerprint density at radius 2 is 1.94 bits per heavy atom. The van der Waals surface area contributed by atoms with Crippen LogP contribution in [0.5, 0.6) is 0 Å². The van der Waals surface area contributed by atoms with Crippen LogP contribution in [0.3, 0.4) is 0 Å². The summed E-state index contributed by atoms with van der Waals surface area (Å²) < 4.78 is 16.3. The zero-order chi connectivity index (χ0) is 22.4. The summed E-state index contributed by atoms with van der Waals surface area (Å²) in [5.74, 6) is 0.0344. The number of nitrogens with one attached hydrogen (secondary N) is 2. The van der Waals surface area contributed by atoms with Crippen molar-refractivity contribution in [3.63, 3.8) is 0 Å². The van der Waals surface area contributed by atoms with Gasteiger partial charge in [-0.25, -0.2) is 19.3 Å². The van der Waals surface area contributed by atoms with E-state index in [0.717, 1.165) is 11.1 Å². The molecule has 0 saturated heterocycles. The van der Waals surface area contributed by atoms with E-state index in [2.05, 4.69) is 25.3 Å². The van der Waals surface area contributed by atoms with E-state index in [4.69, 9.17) is 0 Å². The molecule has 0 saturated carbocycles. The zero-order valence-corrected chi connectivity index (χ0v) is 17.8. The van der Waals surface area contributed by atoms with E-state index in [1.807, 2.05) is 45.0 Å². The van der Waals surface area contributed by atoms with Crippen LogP contribution in [-0.4, -0.2) is 24.5 Å². The quantitative estimate of drug-likeness (QED) is 0.437. The molecule has 1 atom stereocenters. The fourth-order valence-corrected chi connectivity index (χ4v) is 4.12. The third-order valence-corrected chi connectivity index (χ3v) is 5.64. The smallest absolute Gasteiger partial charge is 0.266 e. The molecule has 2 N–H and O–H groups in total. The highest BCUT2D eigenvalue weighted by atomic mass is 19.1. The first kappa shape index (κ1) is 19.9. The number of halogens is 1. The van der Waals surface area contributed by atoms with Crippen molar-refractivity contribution in [2.75, 3.05) is 5.32 Å². The fraction of sp³-hybridized carbons (Fsp3) is 0.167. The Labute approximate surface area is 183 Å². The van der Waals surface area contributed by atoms with Gasteiger partial charge in [-0.15, -0.1) is 0 Å². The summed E-state index contributed by atoms with van der Waals surface area (Å²) in [4.78, 5) is 29.3. The van der Waals surface area contributed by atoms with E-state index in [1.165, 1.54) is 12.4 Å². The second kappa shape index (κ2) is 7.56. The van der Waals surface area contributed by atoms with Crippen molar-refractivity contribution < 1.29 is 4.39 Å². The van der Waals surface area contributed by atoms with Gasteiger partial charge in [-0.05, 0) is 49.9 Å². The van der Waals surface area contributed by atoms with Crippen LogP contribution in [0.15, 0.2) is 59.9 Å². The lowest BCUT2D eigenvalue weighted by Gasteiger charge is -2.22. The number of imidazole rings is 1. The molecule has 0 aliphatic carbocycles. The number of aryl methyl sites for hydroxylation is 2. The molecular formula is C24H21FN6O. The van der Waals surface area contributed by atoms with Crippen LogP contribution in [0.4, 0.5) is 10.2 Å². The van der Waals surface area contributed by atoms with E-state index >= 15 is 0 Å². The maximum atomic E-state index is 14.7. The molecule has 0 spiro atoms. The number of fused-ring (bicyclic) bond motifs is 2. The number of hydrogen-bond acceptors (Lipinski definition) is 5. The summed E-state index contributed by atoms with van der Waals surface area (Å²) in [5.41, 5.74) is 4.23. The van der Waals surface area contributed by atoms with Crippen molar-refractivity contribution in [3.8, 4) is 5.69 Å². The Morgan fingerprint density at radius 1 is 1.09 bits per heavy atom. The number of hydrogen-bond donors (Lipinski definition) is 2. The Bertz CT molecular complexity index is 1540. The van der Waals surface area contributed by atoms with Gasteiger partial charge in [0.15, 0.2) is 11.5 Å². The molecule has 32 heavy (non-hydrogen) atoms. The average Bonchev–Trinajstić information content (AvgIpc) is 3.24. The maximum Gasteiger partial charge on any atom is 0.266 e. The molecular weight excluding hydrogens is 407 g/mol. The second-order valence-corrected chi connectivity index (χ2v) is 7.89. The predicted octanol–water partition coefficient (Wildman–Crippen LogP) is 4.59. The molecule has 0 bridgehead atoms. The first-order chi connectivity index (χ1) is 15.4. The monoisotopic (exact) mass is 428 g/mol. The van der Waals surface area contributed by atoms with Gasteiger partial charge in [-0.3, -0.25) is 9.36 Å². The van der Waals surface area contributed by atoms with Gasteiger partial charge >= 0.3 is 0 Å². The third kappa shape index (κ3) is 3.20. The standard InChI is InChI=1S/C24H21FN6O/c1-13-7-8-18(14(2)9-13)31-19(10-16-5-4-6-17(25)20(16)24(31)32)15(3)30-23-21-22(27-11-26-21)28-12-29-23/h4-12,15H,1-3H3,(H2,26,27,28,29,30)/t15-/m0/s1. The number of benzene rings is 2. The summed E-state index contributed by atoms with van der Waals surface area (Å²) in [5, 5.41) is 3.98. The Hall–Kier alpha value is -4.07. The van der Waals surface area contributed by atoms with Gasteiger partial charge in [-0.2, -0.15) is 0 Å². The highest BCUT2D eigenvalue weighted by Gasteiger charge is 2.20. The van der Waals surface area contributed by atoms with Crippen molar-refractivity contribution in [3.05, 3.63) is 88.1 Å². The van der Waals surface area contributed by atoms with Crippen molar-refractivity contribution in [1.29, 1.82) is 0 Å². The maximum absolute atomic E-state index is 14.7. The molecule has 0 amide bonds. The molecule has 3 heterocycles. The molecule has 0 aliphatic heterocycles. The topological polar surface area (TPSA) is 88.5 Å². The molecule has 0 fully saturated rings. The molecule has 5 rings (SSSR count). The summed E-state index contributed by atoms with van der Waals surface area (Å²) in [6.07, 6.45) is 2.99. The molecule has 5 aromatic rings. The largest absolute Gasteiger partial charge is 0.360 e. The summed E-state index contributed by atoms with van der Waals surface area (Å²) in [6, 6.07) is 12.0. The number of pyridine rings is 1. The lowest BCUT2D eigenvalue weighted by atomic mass is 10.0. The molecule has 7 nitrogen and oxygen atoms in total. The van der Waals surface area contributed by atoms with Gasteiger partial charge in [0.2, 0.25) is 0 Å². The van der Waals surface area contributed by atoms with E-state index in [-0.39, 0.29) is 11.4 Å². The molecule has 0 unspecified atom stereocenters. The number of rotatable bonds is 4. The van der Waals surface area contributed by atoms with Crippen molar-refractivity contribution in [2.45, 2.75) is 26.8 Å². The summed E-state index contributed by atoms with van der Waals surface area (Å²) in [6.45, 7) is 5.88. The molecule has 8 heteroatoms. The normalized spacial score (nSPS) is 12.4. The fourth-order valence-electron chi connectivity index (χ4n) is 4.12. The van der Waals surface area contributed by atoms with E-state index in [0.29, 0.717) is 33.7 Å². The third-order valence-electron chi connectivity index (χ3n) is 5.64. The van der Waals surface area contributed by atoms with Gasteiger partial charge < -0.3 is 10.3 Å². The van der Waals surface area contributed by atoms with Crippen LogP contribution in [0.1, 0.15) is 29.8 Å². The lowest BCUT2D eigenvalue weighted by Crippen LogP contribution is -2.27. The van der Waals surface area contributed by atoms with Crippen molar-refractivity contribution in [1.82, 2.24) is 24.5 Å². The Kier molecular flexibility index (Phi) is 4.70. The number of nitrogens with zero attached hydrogens (tertiary/aromatic N) is 4. The minimum Gasteiger partial charge on any atom is -0.360 e. The minimum absolute atomic E-state index is 0.0708. The number of H-pyrrole nitrogens is 1. The average molecular weight is 428 g/mol. The second-order valence-electron chi connectivity index (χ2n) is 7.89. The highest BCUT2D eigenvalue weighted by molar-refractivity contribution is 5.84. The summed E-state index contributed by atoms with van der Waals surface area (Å²) >= 11 is 0. The van der Waals surface area contributed by atoms with Crippen LogP contribution in [0, 0.1) is 19.7 Å². The summed E-state index contributed by atoms with van der Waals surface area (Å²) in [7, 11) is 0. The first-order valence-electron chi connectivity index (χ1n) is 10.3. The van der Waals surface area contributed by atoms with Gasteiger partial charge in [0.25, 0.3) is 5.56 Å². The van der Waals surface area contributed by atoms with Crippen LogP contribution >= 0.6 is 0 Å². The first-order valence-corrected chi connectivity index (χ1v) is 10.3. The number of anilines is 1. The Morgan fingerprint density at radius 3 is 2.75 bits per heavy atom. The van der Waals surface area contributed by atoms with E-state index in [1.54, 1.807) is 23.0 Å². The lowest BCUT2D eigenvalue weighted by molar-refractivity contribution is 0.637. The molecule has 160 valence electrons. The van der Waals surface area contributed by atoms with Crippen LogP contribution in [0.2, 0.25) is 0 Å². The number of aromatic amines is 1. The van der Waals surface area contributed by atoms with Crippen LogP contribution < -0.4 is 10.9 Å². The van der Waals surface area contributed by atoms with Gasteiger partial charge in [-0.1, -0.05) is 29.8 Å². The van der Waals surface area contributed by atoms with Crippen molar-refractivity contribution >= 4 is 27.8 Å². The molecule has 0 radical (unpaired) electrons. The van der Waals surface area contributed by atoms with Crippen LogP contribution in [0.25, 0.3) is 27.6 Å². The van der Waals surface area contributed by atoms with Crippen molar-refractivity contribution in [2.24, 2.45) is 0 Å². The van der Waals surface area contributed by atoms with Gasteiger partial charge in [0, 0.05) is 5.69 Å². The molecule has 0 aliphatic rings.